The van der Waals surface area contributed by atoms with Crippen molar-refractivity contribution in [2.75, 3.05) is 53.4 Å². The molecule has 118 valence electrons. The number of benzene rings is 1. The summed E-state index contributed by atoms with van der Waals surface area (Å²) in [4.78, 5) is 4.64. The van der Waals surface area contributed by atoms with E-state index in [1.165, 1.54) is 7.11 Å². The van der Waals surface area contributed by atoms with Crippen molar-refractivity contribution in [3.8, 4) is 11.5 Å². The fourth-order valence-electron chi connectivity index (χ4n) is 2.52. The number of likely N-dealkylation sites (N-methyl/N-ethyl adjacent to an activating group) is 1. The molecule has 21 heavy (non-hydrogen) atoms. The Morgan fingerprint density at radius 3 is 2.76 bits per heavy atom. The molecule has 0 amide bonds. The van der Waals surface area contributed by atoms with Crippen LogP contribution in [0.5, 0.6) is 11.5 Å². The van der Waals surface area contributed by atoms with E-state index >= 15 is 0 Å². The smallest absolute Gasteiger partial charge is 0.162 e. The molecule has 0 saturated carbocycles. The highest BCUT2D eigenvalue weighted by molar-refractivity contribution is 6.30. The number of phenols is 1. The van der Waals surface area contributed by atoms with Gasteiger partial charge >= 0.3 is 0 Å². The molecule has 6 heteroatoms. The monoisotopic (exact) mass is 313 g/mol. The van der Waals surface area contributed by atoms with Crippen LogP contribution in [0.4, 0.5) is 0 Å². The molecule has 1 aromatic carbocycles. The van der Waals surface area contributed by atoms with Crippen LogP contribution >= 0.6 is 11.6 Å². The molecule has 0 atom stereocenters. The molecule has 0 bridgehead atoms. The number of rotatable bonds is 6. The largest absolute Gasteiger partial charge is 0.504 e. The van der Waals surface area contributed by atoms with E-state index in [0.717, 1.165) is 44.8 Å². The molecule has 0 spiro atoms. The van der Waals surface area contributed by atoms with E-state index in [0.29, 0.717) is 17.3 Å². The van der Waals surface area contributed by atoms with Crippen molar-refractivity contribution in [2.45, 2.75) is 6.54 Å². The molecule has 1 heterocycles. The van der Waals surface area contributed by atoms with Gasteiger partial charge in [0.15, 0.2) is 11.5 Å². The van der Waals surface area contributed by atoms with E-state index in [-0.39, 0.29) is 5.75 Å². The third-order valence-electron chi connectivity index (χ3n) is 3.79. The number of nitrogens with one attached hydrogen (secondary N) is 1. The van der Waals surface area contributed by atoms with Gasteiger partial charge in [0.25, 0.3) is 0 Å². The van der Waals surface area contributed by atoms with Crippen LogP contribution in [0, 0.1) is 0 Å². The van der Waals surface area contributed by atoms with Gasteiger partial charge < -0.3 is 20.1 Å². The van der Waals surface area contributed by atoms with Crippen molar-refractivity contribution in [3.63, 3.8) is 0 Å². The average Bonchev–Trinajstić information content (AvgIpc) is 2.49. The molecule has 0 aliphatic carbocycles. The number of piperazine rings is 1. The van der Waals surface area contributed by atoms with E-state index < -0.39 is 0 Å². The summed E-state index contributed by atoms with van der Waals surface area (Å²) in [5.41, 5.74) is 0.794. The second-order valence-electron chi connectivity index (χ2n) is 5.45. The molecule has 1 saturated heterocycles. The zero-order chi connectivity index (χ0) is 15.2. The van der Waals surface area contributed by atoms with Gasteiger partial charge in [0.1, 0.15) is 0 Å². The molecule has 0 radical (unpaired) electrons. The lowest BCUT2D eigenvalue weighted by atomic mass is 10.1. The maximum Gasteiger partial charge on any atom is 0.162 e. The van der Waals surface area contributed by atoms with Crippen LogP contribution < -0.4 is 10.1 Å². The van der Waals surface area contributed by atoms with Crippen LogP contribution in [0.2, 0.25) is 5.02 Å². The Labute approximate surface area is 131 Å². The van der Waals surface area contributed by atoms with Crippen molar-refractivity contribution < 1.29 is 9.84 Å². The van der Waals surface area contributed by atoms with Crippen molar-refractivity contribution in [1.82, 2.24) is 15.1 Å². The molecular formula is C15H24ClN3O2. The zero-order valence-corrected chi connectivity index (χ0v) is 13.5. The highest BCUT2D eigenvalue weighted by Crippen LogP contribution is 2.33. The predicted molar refractivity (Wildman–Crippen MR) is 85.3 cm³/mol. The highest BCUT2D eigenvalue weighted by atomic mass is 35.5. The number of halogens is 1. The van der Waals surface area contributed by atoms with Gasteiger partial charge in [-0.1, -0.05) is 11.6 Å². The summed E-state index contributed by atoms with van der Waals surface area (Å²) in [7, 11) is 3.58. The van der Waals surface area contributed by atoms with Crippen molar-refractivity contribution in [2.24, 2.45) is 0 Å². The molecule has 2 N–H and O–H groups in total. The fraction of sp³-hybridized carbons (Fsp3) is 0.600. The first-order valence-electron chi connectivity index (χ1n) is 7.27. The second-order valence-corrected chi connectivity index (χ2v) is 5.88. The highest BCUT2D eigenvalue weighted by Gasteiger charge is 2.14. The lowest BCUT2D eigenvalue weighted by Crippen LogP contribution is -2.45. The number of ether oxygens (including phenoxy) is 1. The average molecular weight is 314 g/mol. The van der Waals surface area contributed by atoms with Crippen LogP contribution in [0.3, 0.4) is 0 Å². The third-order valence-corrected chi connectivity index (χ3v) is 4.00. The van der Waals surface area contributed by atoms with Gasteiger partial charge in [-0.25, -0.2) is 0 Å². The van der Waals surface area contributed by atoms with E-state index in [1.807, 2.05) is 0 Å². The minimum Gasteiger partial charge on any atom is -0.504 e. The summed E-state index contributed by atoms with van der Waals surface area (Å²) in [5.74, 6) is 0.601. The molecule has 1 fully saturated rings. The Bertz CT molecular complexity index is 464. The summed E-state index contributed by atoms with van der Waals surface area (Å²) < 4.78 is 5.14. The predicted octanol–water partition coefficient (Wildman–Crippen LogP) is 1.39. The molecule has 0 aromatic heterocycles. The number of hydrogen-bond acceptors (Lipinski definition) is 5. The van der Waals surface area contributed by atoms with Gasteiger partial charge in [0, 0.05) is 62.5 Å². The molecule has 1 aromatic rings. The molecule has 1 aliphatic heterocycles. The second kappa shape index (κ2) is 7.84. The van der Waals surface area contributed by atoms with E-state index in [4.69, 9.17) is 16.3 Å². The minimum absolute atomic E-state index is 0.177. The maximum atomic E-state index is 10.2. The zero-order valence-electron chi connectivity index (χ0n) is 12.7. The molecular weight excluding hydrogens is 290 g/mol. The Hall–Kier alpha value is -1.01. The normalized spacial score (nSPS) is 16.4. The first kappa shape index (κ1) is 16.4. The van der Waals surface area contributed by atoms with Gasteiger partial charge in [-0.3, -0.25) is 4.90 Å². The van der Waals surface area contributed by atoms with Crippen LogP contribution in [0.25, 0.3) is 0 Å². The standard InChI is InChI=1S/C15H24ClN3O2/c1-18(7-8-19-5-3-17-4-6-19)11-12-9-13(16)10-14(21-2)15(12)20/h9-10,17,20H,3-8,11H2,1-2H3. The number of methoxy groups -OCH3 is 1. The number of hydrogen-bond donors (Lipinski definition) is 2. The Kier molecular flexibility index (Phi) is 6.11. The summed E-state index contributed by atoms with van der Waals surface area (Å²) in [6.45, 7) is 6.97. The SMILES string of the molecule is COc1cc(Cl)cc(CN(C)CCN2CCNCC2)c1O. The quantitative estimate of drug-likeness (QED) is 0.831. The van der Waals surface area contributed by atoms with Crippen LogP contribution in [-0.2, 0) is 6.54 Å². The van der Waals surface area contributed by atoms with E-state index in [9.17, 15) is 5.11 Å². The van der Waals surface area contributed by atoms with Crippen molar-refractivity contribution >= 4 is 11.6 Å². The number of aromatic hydroxyl groups is 1. The van der Waals surface area contributed by atoms with E-state index in [2.05, 4.69) is 22.2 Å². The van der Waals surface area contributed by atoms with Crippen molar-refractivity contribution in [1.29, 1.82) is 0 Å². The fourth-order valence-corrected chi connectivity index (χ4v) is 2.75. The third kappa shape index (κ3) is 4.74. The van der Waals surface area contributed by atoms with Crippen LogP contribution in [0.15, 0.2) is 12.1 Å². The summed E-state index contributed by atoms with van der Waals surface area (Å²) in [6, 6.07) is 3.42. The first-order chi connectivity index (χ1) is 10.1. The summed E-state index contributed by atoms with van der Waals surface area (Å²) >= 11 is 6.06. The van der Waals surface area contributed by atoms with Gasteiger partial charge in [-0.15, -0.1) is 0 Å². The molecule has 0 unspecified atom stereocenters. The lowest BCUT2D eigenvalue weighted by molar-refractivity contribution is 0.201. The topological polar surface area (TPSA) is 48.0 Å². The van der Waals surface area contributed by atoms with E-state index in [1.54, 1.807) is 12.1 Å². The van der Waals surface area contributed by atoms with Crippen molar-refractivity contribution in [3.05, 3.63) is 22.7 Å². The Balaban J connectivity index is 1.89. The minimum atomic E-state index is 0.177. The van der Waals surface area contributed by atoms with Gasteiger partial charge in [0.2, 0.25) is 0 Å². The van der Waals surface area contributed by atoms with Crippen LogP contribution in [-0.4, -0.2) is 68.3 Å². The number of nitrogens with zero attached hydrogens (tertiary/aromatic N) is 2. The lowest BCUT2D eigenvalue weighted by Gasteiger charge is -2.29. The Morgan fingerprint density at radius 2 is 2.10 bits per heavy atom. The Morgan fingerprint density at radius 1 is 1.38 bits per heavy atom. The summed E-state index contributed by atoms with van der Waals surface area (Å²) in [5, 5.41) is 14.1. The first-order valence-corrected chi connectivity index (χ1v) is 7.65. The summed E-state index contributed by atoms with van der Waals surface area (Å²) in [6.07, 6.45) is 0. The van der Waals surface area contributed by atoms with Gasteiger partial charge in [-0.2, -0.15) is 0 Å². The molecule has 1 aliphatic rings. The number of phenolic OH excluding ortho intramolecular Hbond substituents is 1. The molecule has 2 rings (SSSR count). The molecule has 5 nitrogen and oxygen atoms in total. The van der Waals surface area contributed by atoms with Crippen LogP contribution in [0.1, 0.15) is 5.56 Å². The van der Waals surface area contributed by atoms with Gasteiger partial charge in [-0.05, 0) is 13.1 Å². The maximum absolute atomic E-state index is 10.2. The van der Waals surface area contributed by atoms with Gasteiger partial charge in [0.05, 0.1) is 7.11 Å².